The van der Waals surface area contributed by atoms with E-state index in [4.69, 9.17) is 0 Å². The van der Waals surface area contributed by atoms with Crippen LogP contribution in [0.1, 0.15) is 17.0 Å². The minimum atomic E-state index is 0. The van der Waals surface area contributed by atoms with Crippen LogP contribution in [-0.4, -0.2) is 38.5 Å². The summed E-state index contributed by atoms with van der Waals surface area (Å²) in [5, 5.41) is 3.44. The Labute approximate surface area is 150 Å². The lowest BCUT2D eigenvalue weighted by molar-refractivity contribution is 0.576. The zero-order chi connectivity index (χ0) is 15.1. The fourth-order valence-corrected chi connectivity index (χ4v) is 2.43. The van der Waals surface area contributed by atoms with Gasteiger partial charge in [-0.05, 0) is 11.1 Å². The predicted octanol–water partition coefficient (Wildman–Crippen LogP) is 3.57. The van der Waals surface area contributed by atoms with Crippen LogP contribution >= 0.6 is 24.0 Å². The Morgan fingerprint density at radius 2 is 1.41 bits per heavy atom. The van der Waals surface area contributed by atoms with Gasteiger partial charge < -0.3 is 10.2 Å². The first kappa shape index (κ1) is 18.5. The van der Waals surface area contributed by atoms with Gasteiger partial charge in [-0.1, -0.05) is 60.7 Å². The van der Waals surface area contributed by atoms with E-state index in [0.717, 1.165) is 12.5 Å². The van der Waals surface area contributed by atoms with Gasteiger partial charge in [-0.15, -0.1) is 24.0 Å². The van der Waals surface area contributed by atoms with E-state index < -0.39 is 0 Å². The van der Waals surface area contributed by atoms with Gasteiger partial charge in [0.2, 0.25) is 0 Å². The monoisotopic (exact) mass is 409 g/mol. The molecular formula is C18H24IN3. The summed E-state index contributed by atoms with van der Waals surface area (Å²) in [6.45, 7) is 0.818. The Morgan fingerprint density at radius 3 is 1.77 bits per heavy atom. The Balaban J connectivity index is 0.00000242. The third kappa shape index (κ3) is 5.02. The van der Waals surface area contributed by atoms with Gasteiger partial charge in [0.15, 0.2) is 5.96 Å². The van der Waals surface area contributed by atoms with Crippen LogP contribution in [0.3, 0.4) is 0 Å². The molecule has 0 bridgehead atoms. The maximum atomic E-state index is 4.28. The van der Waals surface area contributed by atoms with Crippen LogP contribution in [0.5, 0.6) is 0 Å². The number of aliphatic imine (C=N–C) groups is 1. The van der Waals surface area contributed by atoms with Crippen LogP contribution in [0.2, 0.25) is 0 Å². The molecule has 3 nitrogen and oxygen atoms in total. The zero-order valence-electron chi connectivity index (χ0n) is 13.4. The molecule has 0 heterocycles. The van der Waals surface area contributed by atoms with Crippen molar-refractivity contribution in [1.29, 1.82) is 0 Å². The molecule has 0 aliphatic heterocycles. The third-order valence-electron chi connectivity index (χ3n) is 3.50. The van der Waals surface area contributed by atoms with Gasteiger partial charge in [-0.25, -0.2) is 0 Å². The first-order valence-corrected chi connectivity index (χ1v) is 7.20. The summed E-state index contributed by atoms with van der Waals surface area (Å²) < 4.78 is 0. The standard InChI is InChI=1S/C18H23N3.HI/c1-19-18(21(2)3)20-14-17(15-10-6-4-7-11-15)16-12-8-5-9-13-16;/h4-13,17H,14H2,1-3H3,(H,19,20);1H. The van der Waals surface area contributed by atoms with Gasteiger partial charge in [-0.3, -0.25) is 4.99 Å². The molecule has 0 atom stereocenters. The van der Waals surface area contributed by atoms with Crippen LogP contribution in [0.4, 0.5) is 0 Å². The molecule has 0 saturated heterocycles. The molecule has 2 rings (SSSR count). The Bertz CT molecular complexity index is 528. The van der Waals surface area contributed by atoms with E-state index in [1.807, 2.05) is 26.0 Å². The maximum Gasteiger partial charge on any atom is 0.193 e. The molecule has 0 radical (unpaired) electrons. The summed E-state index contributed by atoms with van der Waals surface area (Å²) in [4.78, 5) is 6.27. The molecule has 0 aliphatic carbocycles. The van der Waals surface area contributed by atoms with Crippen molar-refractivity contribution in [2.75, 3.05) is 27.7 Å². The zero-order valence-corrected chi connectivity index (χ0v) is 15.7. The van der Waals surface area contributed by atoms with Crippen molar-refractivity contribution in [3.8, 4) is 0 Å². The minimum absolute atomic E-state index is 0. The van der Waals surface area contributed by atoms with Crippen LogP contribution in [0, 0.1) is 0 Å². The largest absolute Gasteiger partial charge is 0.355 e. The average Bonchev–Trinajstić information content (AvgIpc) is 2.53. The molecule has 0 aromatic heterocycles. The van der Waals surface area contributed by atoms with Gasteiger partial charge in [0.05, 0.1) is 0 Å². The predicted molar refractivity (Wildman–Crippen MR) is 105 cm³/mol. The number of benzene rings is 2. The highest BCUT2D eigenvalue weighted by Gasteiger charge is 2.14. The molecule has 0 unspecified atom stereocenters. The van der Waals surface area contributed by atoms with E-state index in [-0.39, 0.29) is 24.0 Å². The Morgan fingerprint density at radius 1 is 0.955 bits per heavy atom. The number of halogens is 1. The number of rotatable bonds is 4. The van der Waals surface area contributed by atoms with Gasteiger partial charge in [-0.2, -0.15) is 0 Å². The summed E-state index contributed by atoms with van der Waals surface area (Å²) >= 11 is 0. The first-order chi connectivity index (χ1) is 10.2. The quantitative estimate of drug-likeness (QED) is 0.475. The van der Waals surface area contributed by atoms with E-state index in [2.05, 4.69) is 71.0 Å². The molecule has 22 heavy (non-hydrogen) atoms. The second-order valence-electron chi connectivity index (χ2n) is 5.20. The van der Waals surface area contributed by atoms with Gasteiger partial charge in [0.25, 0.3) is 0 Å². The Hall–Kier alpha value is -1.56. The van der Waals surface area contributed by atoms with E-state index in [1.165, 1.54) is 11.1 Å². The number of hydrogen-bond donors (Lipinski definition) is 1. The Kier molecular flexibility index (Phi) is 7.95. The molecule has 0 amide bonds. The van der Waals surface area contributed by atoms with Crippen LogP contribution in [0.15, 0.2) is 65.7 Å². The van der Waals surface area contributed by atoms with Crippen molar-refractivity contribution in [2.45, 2.75) is 5.92 Å². The molecule has 2 aromatic carbocycles. The molecule has 4 heteroatoms. The number of hydrogen-bond acceptors (Lipinski definition) is 1. The minimum Gasteiger partial charge on any atom is -0.355 e. The highest BCUT2D eigenvalue weighted by Crippen LogP contribution is 2.23. The number of guanidine groups is 1. The molecule has 0 saturated carbocycles. The molecule has 0 fully saturated rings. The third-order valence-corrected chi connectivity index (χ3v) is 3.50. The second-order valence-corrected chi connectivity index (χ2v) is 5.20. The van der Waals surface area contributed by atoms with Crippen LogP contribution in [-0.2, 0) is 0 Å². The molecule has 2 aromatic rings. The molecule has 1 N–H and O–H groups in total. The average molecular weight is 409 g/mol. The molecular weight excluding hydrogens is 385 g/mol. The summed E-state index contributed by atoms with van der Waals surface area (Å²) in [6.07, 6.45) is 0. The van der Waals surface area contributed by atoms with Crippen molar-refractivity contribution in [1.82, 2.24) is 10.2 Å². The highest BCUT2D eigenvalue weighted by molar-refractivity contribution is 14.0. The van der Waals surface area contributed by atoms with E-state index >= 15 is 0 Å². The summed E-state index contributed by atoms with van der Waals surface area (Å²) in [7, 11) is 5.80. The molecule has 118 valence electrons. The first-order valence-electron chi connectivity index (χ1n) is 7.20. The maximum absolute atomic E-state index is 4.28. The lowest BCUT2D eigenvalue weighted by atomic mass is 9.91. The summed E-state index contributed by atoms with van der Waals surface area (Å²) in [6, 6.07) is 21.2. The fraction of sp³-hybridized carbons (Fsp3) is 0.278. The molecule has 0 spiro atoms. The van der Waals surface area contributed by atoms with Crippen molar-refractivity contribution < 1.29 is 0 Å². The molecule has 0 aliphatic rings. The van der Waals surface area contributed by atoms with Crippen molar-refractivity contribution in [2.24, 2.45) is 4.99 Å². The van der Waals surface area contributed by atoms with Gasteiger partial charge in [0.1, 0.15) is 0 Å². The lowest BCUT2D eigenvalue weighted by Crippen LogP contribution is -2.38. The summed E-state index contributed by atoms with van der Waals surface area (Å²) in [5.41, 5.74) is 2.62. The van der Waals surface area contributed by atoms with Crippen molar-refractivity contribution in [3.05, 3.63) is 71.8 Å². The van der Waals surface area contributed by atoms with Crippen LogP contribution in [0.25, 0.3) is 0 Å². The second kappa shape index (κ2) is 9.46. The smallest absolute Gasteiger partial charge is 0.193 e. The number of nitrogens with zero attached hydrogens (tertiary/aromatic N) is 2. The van der Waals surface area contributed by atoms with Crippen molar-refractivity contribution in [3.63, 3.8) is 0 Å². The lowest BCUT2D eigenvalue weighted by Gasteiger charge is -2.22. The normalized spacial score (nSPS) is 11.0. The van der Waals surface area contributed by atoms with Gasteiger partial charge >= 0.3 is 0 Å². The van der Waals surface area contributed by atoms with E-state index in [1.54, 1.807) is 0 Å². The topological polar surface area (TPSA) is 27.6 Å². The van der Waals surface area contributed by atoms with Crippen molar-refractivity contribution >= 4 is 29.9 Å². The SMILES string of the molecule is CN=C(NCC(c1ccccc1)c1ccccc1)N(C)C.I. The fourth-order valence-electron chi connectivity index (χ4n) is 2.43. The van der Waals surface area contributed by atoms with Crippen LogP contribution < -0.4 is 5.32 Å². The number of nitrogens with one attached hydrogen (secondary N) is 1. The van der Waals surface area contributed by atoms with E-state index in [9.17, 15) is 0 Å². The summed E-state index contributed by atoms with van der Waals surface area (Å²) in [5.74, 6) is 1.20. The highest BCUT2D eigenvalue weighted by atomic mass is 127. The van der Waals surface area contributed by atoms with E-state index in [0.29, 0.717) is 5.92 Å². The van der Waals surface area contributed by atoms with Gasteiger partial charge in [0, 0.05) is 33.6 Å².